The summed E-state index contributed by atoms with van der Waals surface area (Å²) < 4.78 is 5.54. The van der Waals surface area contributed by atoms with Crippen LogP contribution in [0.4, 0.5) is 4.79 Å². The van der Waals surface area contributed by atoms with Crippen molar-refractivity contribution in [1.29, 1.82) is 0 Å². The summed E-state index contributed by atoms with van der Waals surface area (Å²) in [5.74, 6) is -1.58. The first kappa shape index (κ1) is 24.8. The second-order valence-corrected chi connectivity index (χ2v) is 9.68. The first-order chi connectivity index (χ1) is 17.0. The lowest BCUT2D eigenvalue weighted by atomic mass is 9.79. The van der Waals surface area contributed by atoms with Crippen LogP contribution in [0.15, 0.2) is 48.5 Å². The van der Waals surface area contributed by atoms with Gasteiger partial charge in [-0.05, 0) is 47.4 Å². The minimum Gasteiger partial charge on any atom is -0.481 e. The fourth-order valence-corrected chi connectivity index (χ4v) is 5.35. The van der Waals surface area contributed by atoms with Gasteiger partial charge in [0.2, 0.25) is 5.91 Å². The Kier molecular flexibility index (Phi) is 8.06. The van der Waals surface area contributed by atoms with E-state index in [1.165, 1.54) is 11.1 Å². The molecular formula is C28H34N2O5. The van der Waals surface area contributed by atoms with E-state index in [0.29, 0.717) is 25.9 Å². The molecule has 4 rings (SSSR count). The van der Waals surface area contributed by atoms with Crippen molar-refractivity contribution in [3.8, 4) is 11.1 Å². The third-order valence-electron chi connectivity index (χ3n) is 7.40. The van der Waals surface area contributed by atoms with Crippen molar-refractivity contribution in [3.05, 3.63) is 59.7 Å². The molecule has 1 fully saturated rings. The van der Waals surface area contributed by atoms with Crippen LogP contribution in [0.2, 0.25) is 0 Å². The van der Waals surface area contributed by atoms with Crippen LogP contribution in [0.25, 0.3) is 11.1 Å². The molecule has 0 bridgehead atoms. The summed E-state index contributed by atoms with van der Waals surface area (Å²) in [6, 6.07) is 16.4. The van der Waals surface area contributed by atoms with Crippen molar-refractivity contribution in [3.63, 3.8) is 0 Å². The largest absolute Gasteiger partial charge is 0.481 e. The molecule has 35 heavy (non-hydrogen) atoms. The Hall–Kier alpha value is -3.35. The maximum Gasteiger partial charge on any atom is 0.407 e. The SMILES string of the molecule is CC(CCNC(=O)OCC1c2ccccc2-c2ccccc21)C(=O)NC[C@@H]1CCCC[C@@H]1C(=O)O. The van der Waals surface area contributed by atoms with Gasteiger partial charge in [-0.25, -0.2) is 4.79 Å². The minimum atomic E-state index is -0.774. The number of fused-ring (bicyclic) bond motifs is 3. The van der Waals surface area contributed by atoms with Crippen LogP contribution < -0.4 is 10.6 Å². The molecule has 0 radical (unpaired) electrons. The summed E-state index contributed by atoms with van der Waals surface area (Å²) in [7, 11) is 0. The molecule has 7 nitrogen and oxygen atoms in total. The van der Waals surface area contributed by atoms with E-state index in [1.807, 2.05) is 31.2 Å². The second-order valence-electron chi connectivity index (χ2n) is 9.68. The third kappa shape index (κ3) is 5.84. The molecule has 0 aliphatic heterocycles. The topological polar surface area (TPSA) is 105 Å². The van der Waals surface area contributed by atoms with E-state index in [-0.39, 0.29) is 36.2 Å². The Labute approximate surface area is 206 Å². The van der Waals surface area contributed by atoms with Crippen LogP contribution in [0.5, 0.6) is 0 Å². The average Bonchev–Trinajstić information content (AvgIpc) is 3.19. The van der Waals surface area contributed by atoms with Gasteiger partial charge in [-0.1, -0.05) is 68.3 Å². The fraction of sp³-hybridized carbons (Fsp3) is 0.464. The van der Waals surface area contributed by atoms with Gasteiger partial charge in [0, 0.05) is 24.9 Å². The number of carboxylic acid groups (broad SMARTS) is 1. The highest BCUT2D eigenvalue weighted by Gasteiger charge is 2.31. The van der Waals surface area contributed by atoms with Gasteiger partial charge in [0.25, 0.3) is 0 Å². The highest BCUT2D eigenvalue weighted by atomic mass is 16.5. The predicted molar refractivity (Wildman–Crippen MR) is 133 cm³/mol. The summed E-state index contributed by atoms with van der Waals surface area (Å²) in [6.45, 7) is 2.78. The monoisotopic (exact) mass is 478 g/mol. The molecule has 0 aromatic heterocycles. The number of aliphatic carboxylic acids is 1. The summed E-state index contributed by atoms with van der Waals surface area (Å²) in [4.78, 5) is 36.2. The van der Waals surface area contributed by atoms with Crippen LogP contribution in [-0.2, 0) is 14.3 Å². The Balaban J connectivity index is 1.19. The number of hydrogen-bond acceptors (Lipinski definition) is 4. The Morgan fingerprint density at radius 1 is 0.971 bits per heavy atom. The molecule has 2 aliphatic rings. The summed E-state index contributed by atoms with van der Waals surface area (Å²) in [5, 5.41) is 15.1. The van der Waals surface area contributed by atoms with Crippen LogP contribution in [-0.4, -0.2) is 42.8 Å². The Morgan fingerprint density at radius 3 is 2.26 bits per heavy atom. The second kappa shape index (κ2) is 11.4. The van der Waals surface area contributed by atoms with Gasteiger partial charge in [0.05, 0.1) is 5.92 Å². The van der Waals surface area contributed by atoms with Crippen LogP contribution >= 0.6 is 0 Å². The third-order valence-corrected chi connectivity index (χ3v) is 7.40. The highest BCUT2D eigenvalue weighted by molar-refractivity contribution is 5.79. The predicted octanol–water partition coefficient (Wildman–Crippen LogP) is 4.56. The normalized spacial score (nSPS) is 19.8. The van der Waals surface area contributed by atoms with E-state index in [1.54, 1.807) is 0 Å². The smallest absolute Gasteiger partial charge is 0.407 e. The van der Waals surface area contributed by atoms with Crippen LogP contribution in [0.3, 0.4) is 0 Å². The standard InChI is InChI=1S/C28H34N2O5/c1-18(26(31)30-16-19-8-2-3-9-20(19)27(32)33)14-15-29-28(34)35-17-25-23-12-6-4-10-21(23)22-11-5-7-13-24(22)25/h4-7,10-13,18-20,25H,2-3,8-9,14-17H2,1H3,(H,29,34)(H,30,31)(H,32,33)/t18?,19-,20-/m0/s1. The number of carboxylic acids is 1. The van der Waals surface area contributed by atoms with E-state index in [2.05, 4.69) is 34.9 Å². The molecule has 3 atom stereocenters. The molecule has 1 saturated carbocycles. The van der Waals surface area contributed by atoms with E-state index in [4.69, 9.17) is 4.74 Å². The number of carbonyl (C=O) groups is 3. The quantitative estimate of drug-likeness (QED) is 0.490. The average molecular weight is 479 g/mol. The van der Waals surface area contributed by atoms with E-state index in [9.17, 15) is 19.5 Å². The lowest BCUT2D eigenvalue weighted by molar-refractivity contribution is -0.145. The highest BCUT2D eigenvalue weighted by Crippen LogP contribution is 2.44. The molecule has 0 saturated heterocycles. The zero-order chi connectivity index (χ0) is 24.8. The lowest BCUT2D eigenvalue weighted by Gasteiger charge is -2.29. The van der Waals surface area contributed by atoms with Gasteiger partial charge in [-0.15, -0.1) is 0 Å². The maximum absolute atomic E-state index is 12.5. The molecule has 1 unspecified atom stereocenters. The molecule has 2 aromatic carbocycles. The zero-order valence-corrected chi connectivity index (χ0v) is 20.2. The molecule has 3 N–H and O–H groups in total. The van der Waals surface area contributed by atoms with Crippen molar-refractivity contribution >= 4 is 18.0 Å². The first-order valence-electron chi connectivity index (χ1n) is 12.5. The van der Waals surface area contributed by atoms with Crippen molar-refractivity contribution in [2.24, 2.45) is 17.8 Å². The lowest BCUT2D eigenvalue weighted by Crippen LogP contribution is -2.39. The van der Waals surface area contributed by atoms with Gasteiger partial charge in [-0.2, -0.15) is 0 Å². The molecular weight excluding hydrogens is 444 g/mol. The number of amides is 2. The molecule has 7 heteroatoms. The first-order valence-corrected chi connectivity index (χ1v) is 12.5. The van der Waals surface area contributed by atoms with Gasteiger partial charge in [0.1, 0.15) is 6.61 Å². The summed E-state index contributed by atoms with van der Waals surface area (Å²) >= 11 is 0. The molecule has 0 spiro atoms. The number of nitrogens with one attached hydrogen (secondary N) is 2. The van der Waals surface area contributed by atoms with Crippen molar-refractivity contribution in [1.82, 2.24) is 10.6 Å². The fourth-order valence-electron chi connectivity index (χ4n) is 5.35. The molecule has 2 aliphatic carbocycles. The zero-order valence-electron chi connectivity index (χ0n) is 20.2. The number of carbonyl (C=O) groups excluding carboxylic acids is 2. The number of alkyl carbamates (subject to hydrolysis) is 1. The van der Waals surface area contributed by atoms with E-state index in [0.717, 1.165) is 30.4 Å². The van der Waals surface area contributed by atoms with Crippen molar-refractivity contribution in [2.45, 2.75) is 44.9 Å². The summed E-state index contributed by atoms with van der Waals surface area (Å²) in [6.07, 6.45) is 3.42. The van der Waals surface area contributed by atoms with Crippen molar-refractivity contribution in [2.75, 3.05) is 19.7 Å². The number of ether oxygens (including phenoxy) is 1. The minimum absolute atomic E-state index is 0.00673. The molecule has 2 amide bonds. The van der Waals surface area contributed by atoms with Crippen LogP contribution in [0.1, 0.15) is 56.1 Å². The Bertz CT molecular complexity index is 1020. The van der Waals surface area contributed by atoms with Crippen LogP contribution in [0, 0.1) is 17.8 Å². The van der Waals surface area contributed by atoms with E-state index < -0.39 is 12.1 Å². The Morgan fingerprint density at radius 2 is 1.60 bits per heavy atom. The van der Waals surface area contributed by atoms with Gasteiger partial charge in [-0.3, -0.25) is 9.59 Å². The van der Waals surface area contributed by atoms with E-state index >= 15 is 0 Å². The maximum atomic E-state index is 12.5. The number of hydrogen-bond donors (Lipinski definition) is 3. The molecule has 186 valence electrons. The van der Waals surface area contributed by atoms with Gasteiger partial charge in [0.15, 0.2) is 0 Å². The molecule has 2 aromatic rings. The van der Waals surface area contributed by atoms with Gasteiger partial charge < -0.3 is 20.5 Å². The summed E-state index contributed by atoms with van der Waals surface area (Å²) in [5.41, 5.74) is 4.68. The van der Waals surface area contributed by atoms with Gasteiger partial charge >= 0.3 is 12.1 Å². The van der Waals surface area contributed by atoms with Crippen molar-refractivity contribution < 1.29 is 24.2 Å². The molecule has 0 heterocycles. The number of benzene rings is 2. The number of rotatable bonds is 9.